The van der Waals surface area contributed by atoms with Gasteiger partial charge in [0.15, 0.2) is 5.69 Å². The van der Waals surface area contributed by atoms with Gasteiger partial charge in [0.2, 0.25) is 0 Å². The molecule has 1 aromatic heterocycles. The number of amides is 1. The van der Waals surface area contributed by atoms with Gasteiger partial charge in [-0.05, 0) is 46.3 Å². The van der Waals surface area contributed by atoms with Crippen molar-refractivity contribution in [2.24, 2.45) is 0 Å². The van der Waals surface area contributed by atoms with Crippen molar-refractivity contribution in [1.82, 2.24) is 9.78 Å². The van der Waals surface area contributed by atoms with Gasteiger partial charge in [-0.15, -0.1) is 0 Å². The maximum absolute atomic E-state index is 13.7. The van der Waals surface area contributed by atoms with Gasteiger partial charge >= 0.3 is 0 Å². The van der Waals surface area contributed by atoms with Crippen LogP contribution in [0.5, 0.6) is 0 Å². The van der Waals surface area contributed by atoms with E-state index in [0.717, 1.165) is 4.47 Å². The highest BCUT2D eigenvalue weighted by Gasteiger charge is 2.13. The van der Waals surface area contributed by atoms with Gasteiger partial charge < -0.3 is 5.32 Å². The summed E-state index contributed by atoms with van der Waals surface area (Å²) in [5, 5.41) is 6.87. The minimum atomic E-state index is -0.400. The number of para-hydroxylation sites is 2. The lowest BCUT2D eigenvalue weighted by Crippen LogP contribution is -2.13. The third-order valence-electron chi connectivity index (χ3n) is 3.04. The molecule has 4 nitrogen and oxygen atoms in total. The van der Waals surface area contributed by atoms with Crippen LogP contribution in [0.2, 0.25) is 0 Å². The molecule has 0 radical (unpaired) electrons. The molecule has 0 saturated carbocycles. The average molecular weight is 360 g/mol. The van der Waals surface area contributed by atoms with E-state index in [1.54, 1.807) is 36.5 Å². The standard InChI is InChI=1S/C16H11BrFN3O/c17-11-5-1-3-7-13(11)19-16(22)14-9-10-21(20-14)15-8-4-2-6-12(15)18/h1-10H,(H,19,22). The molecule has 0 unspecified atom stereocenters. The number of carbonyl (C=O) groups is 1. The first-order valence-electron chi connectivity index (χ1n) is 6.51. The van der Waals surface area contributed by atoms with Crippen molar-refractivity contribution in [3.05, 3.63) is 76.8 Å². The van der Waals surface area contributed by atoms with Crippen LogP contribution < -0.4 is 5.32 Å². The summed E-state index contributed by atoms with van der Waals surface area (Å²) in [5.41, 5.74) is 1.15. The van der Waals surface area contributed by atoms with Crippen molar-refractivity contribution < 1.29 is 9.18 Å². The molecule has 0 saturated heterocycles. The molecule has 2 aromatic carbocycles. The Morgan fingerprint density at radius 2 is 1.82 bits per heavy atom. The second-order valence-electron chi connectivity index (χ2n) is 4.53. The van der Waals surface area contributed by atoms with Gasteiger partial charge in [-0.2, -0.15) is 5.10 Å². The number of hydrogen-bond acceptors (Lipinski definition) is 2. The average Bonchev–Trinajstić information content (AvgIpc) is 3.00. The molecule has 0 fully saturated rings. The first-order valence-corrected chi connectivity index (χ1v) is 7.31. The second-order valence-corrected chi connectivity index (χ2v) is 5.39. The maximum atomic E-state index is 13.7. The molecule has 0 aliphatic heterocycles. The van der Waals surface area contributed by atoms with Gasteiger partial charge in [0.1, 0.15) is 11.5 Å². The topological polar surface area (TPSA) is 46.9 Å². The van der Waals surface area contributed by atoms with E-state index >= 15 is 0 Å². The molecule has 1 heterocycles. The molecule has 22 heavy (non-hydrogen) atoms. The Hall–Kier alpha value is -2.47. The minimum absolute atomic E-state index is 0.207. The summed E-state index contributed by atoms with van der Waals surface area (Å²) in [6, 6.07) is 15.1. The van der Waals surface area contributed by atoms with Crippen molar-refractivity contribution >= 4 is 27.5 Å². The zero-order valence-corrected chi connectivity index (χ0v) is 12.9. The van der Waals surface area contributed by atoms with Crippen molar-refractivity contribution in [3.63, 3.8) is 0 Å². The molecular formula is C16H11BrFN3O. The third-order valence-corrected chi connectivity index (χ3v) is 3.73. The van der Waals surface area contributed by atoms with Gasteiger partial charge in [0.05, 0.1) is 5.69 Å². The Kier molecular flexibility index (Phi) is 4.02. The number of hydrogen-bond donors (Lipinski definition) is 1. The van der Waals surface area contributed by atoms with Crippen molar-refractivity contribution in [2.75, 3.05) is 5.32 Å². The summed E-state index contributed by atoms with van der Waals surface area (Å²) in [6.45, 7) is 0. The lowest BCUT2D eigenvalue weighted by Gasteiger charge is -2.05. The summed E-state index contributed by atoms with van der Waals surface area (Å²) < 4.78 is 15.8. The molecule has 3 aromatic rings. The van der Waals surface area contributed by atoms with Crippen molar-refractivity contribution in [1.29, 1.82) is 0 Å². The van der Waals surface area contributed by atoms with E-state index in [2.05, 4.69) is 26.3 Å². The Labute approximate surface area is 134 Å². The second kappa shape index (κ2) is 6.11. The number of benzene rings is 2. The molecule has 0 aliphatic rings. The normalized spacial score (nSPS) is 10.5. The Balaban J connectivity index is 1.84. The fourth-order valence-corrected chi connectivity index (χ4v) is 2.35. The van der Waals surface area contributed by atoms with Crippen LogP contribution in [-0.4, -0.2) is 15.7 Å². The predicted octanol–water partition coefficient (Wildman–Crippen LogP) is 4.03. The van der Waals surface area contributed by atoms with Crippen molar-refractivity contribution in [2.45, 2.75) is 0 Å². The number of anilines is 1. The lowest BCUT2D eigenvalue weighted by atomic mass is 10.3. The quantitative estimate of drug-likeness (QED) is 0.767. The fourth-order valence-electron chi connectivity index (χ4n) is 1.97. The number of nitrogens with one attached hydrogen (secondary N) is 1. The summed E-state index contributed by atoms with van der Waals surface area (Å²) >= 11 is 3.36. The largest absolute Gasteiger partial charge is 0.320 e. The van der Waals surface area contributed by atoms with Crippen LogP contribution >= 0.6 is 15.9 Å². The monoisotopic (exact) mass is 359 g/mol. The van der Waals surface area contributed by atoms with E-state index < -0.39 is 5.82 Å². The molecule has 3 rings (SSSR count). The number of carbonyl (C=O) groups excluding carboxylic acids is 1. The first kappa shape index (κ1) is 14.5. The number of halogens is 2. The molecule has 1 amide bonds. The van der Waals surface area contributed by atoms with Gasteiger partial charge in [-0.25, -0.2) is 9.07 Å². The molecule has 0 atom stereocenters. The highest BCUT2D eigenvalue weighted by Crippen LogP contribution is 2.21. The van der Waals surface area contributed by atoms with Crippen molar-refractivity contribution in [3.8, 4) is 5.69 Å². The minimum Gasteiger partial charge on any atom is -0.320 e. The van der Waals surface area contributed by atoms with E-state index in [1.165, 1.54) is 10.7 Å². The zero-order chi connectivity index (χ0) is 15.5. The fraction of sp³-hybridized carbons (Fsp3) is 0. The van der Waals surface area contributed by atoms with Crippen LogP contribution in [0.4, 0.5) is 10.1 Å². The Bertz CT molecular complexity index is 832. The summed E-state index contributed by atoms with van der Waals surface area (Å²) in [5.74, 6) is -0.759. The molecule has 1 N–H and O–H groups in total. The first-order chi connectivity index (χ1) is 10.6. The van der Waals surface area contributed by atoms with E-state index in [1.807, 2.05) is 18.2 Å². The van der Waals surface area contributed by atoms with Gasteiger partial charge in [0, 0.05) is 10.7 Å². The Morgan fingerprint density at radius 3 is 2.59 bits per heavy atom. The highest BCUT2D eigenvalue weighted by molar-refractivity contribution is 9.10. The van der Waals surface area contributed by atoms with Crippen LogP contribution in [0.15, 0.2) is 65.3 Å². The maximum Gasteiger partial charge on any atom is 0.276 e. The smallest absolute Gasteiger partial charge is 0.276 e. The van der Waals surface area contributed by atoms with Crippen LogP contribution in [0.3, 0.4) is 0 Å². The molecule has 110 valence electrons. The van der Waals surface area contributed by atoms with E-state index in [4.69, 9.17) is 0 Å². The van der Waals surface area contributed by atoms with E-state index in [9.17, 15) is 9.18 Å². The SMILES string of the molecule is O=C(Nc1ccccc1Br)c1ccn(-c2ccccc2F)n1. The number of rotatable bonds is 3. The van der Waals surface area contributed by atoms with Crippen LogP contribution in [0.1, 0.15) is 10.5 Å². The van der Waals surface area contributed by atoms with Gasteiger partial charge in [-0.3, -0.25) is 4.79 Å². The van der Waals surface area contributed by atoms with Crippen LogP contribution in [-0.2, 0) is 0 Å². The molecular weight excluding hydrogens is 349 g/mol. The summed E-state index contributed by atoms with van der Waals surface area (Å²) in [7, 11) is 0. The predicted molar refractivity (Wildman–Crippen MR) is 85.6 cm³/mol. The molecule has 6 heteroatoms. The van der Waals surface area contributed by atoms with Crippen LogP contribution in [0.25, 0.3) is 5.69 Å². The van der Waals surface area contributed by atoms with E-state index in [0.29, 0.717) is 11.4 Å². The van der Waals surface area contributed by atoms with Gasteiger partial charge in [-0.1, -0.05) is 24.3 Å². The molecule has 0 spiro atoms. The molecule has 0 aliphatic carbocycles. The van der Waals surface area contributed by atoms with Gasteiger partial charge in [0.25, 0.3) is 5.91 Å². The highest BCUT2D eigenvalue weighted by atomic mass is 79.9. The third kappa shape index (κ3) is 2.92. The van der Waals surface area contributed by atoms with E-state index in [-0.39, 0.29) is 11.6 Å². The number of aromatic nitrogens is 2. The number of nitrogens with zero attached hydrogens (tertiary/aromatic N) is 2. The summed E-state index contributed by atoms with van der Waals surface area (Å²) in [6.07, 6.45) is 1.55. The Morgan fingerprint density at radius 1 is 1.09 bits per heavy atom. The molecule has 0 bridgehead atoms. The summed E-state index contributed by atoms with van der Waals surface area (Å²) in [4.78, 5) is 12.2. The lowest BCUT2D eigenvalue weighted by molar-refractivity contribution is 0.102. The zero-order valence-electron chi connectivity index (χ0n) is 11.3. The van der Waals surface area contributed by atoms with Crippen LogP contribution in [0, 0.1) is 5.82 Å².